The van der Waals surface area contributed by atoms with Gasteiger partial charge < -0.3 is 14.8 Å². The number of thiocarbonyl (C=S) groups is 1. The molecule has 1 aliphatic heterocycles. The third-order valence-corrected chi connectivity index (χ3v) is 6.58. The number of aromatic nitrogens is 2. The number of halogens is 1. The molecule has 0 aliphatic carbocycles. The topological polar surface area (TPSA) is 33.1 Å². The van der Waals surface area contributed by atoms with Crippen molar-refractivity contribution in [2.75, 3.05) is 4.90 Å². The molecule has 4 nitrogen and oxygen atoms in total. The number of pyridine rings is 1. The molecule has 0 saturated carbocycles. The monoisotopic (exact) mass is 456 g/mol. The molecule has 0 unspecified atom stereocenters. The first-order valence-corrected chi connectivity index (χ1v) is 11.4. The zero-order chi connectivity index (χ0) is 23.1. The lowest BCUT2D eigenvalue weighted by Gasteiger charge is -2.28. The lowest BCUT2D eigenvalue weighted by Crippen LogP contribution is -2.29. The van der Waals surface area contributed by atoms with Crippen LogP contribution in [0.2, 0.25) is 0 Å². The van der Waals surface area contributed by atoms with Gasteiger partial charge in [0.05, 0.1) is 17.8 Å². The highest BCUT2D eigenvalue weighted by Crippen LogP contribution is 2.43. The number of nitrogens with zero attached hydrogens (tertiary/aromatic N) is 3. The molecular weight excluding hydrogens is 431 g/mol. The molecule has 0 amide bonds. The summed E-state index contributed by atoms with van der Waals surface area (Å²) in [6, 6.07) is 23.0. The second-order valence-corrected chi connectivity index (χ2v) is 8.86. The Morgan fingerprint density at radius 2 is 1.70 bits per heavy atom. The summed E-state index contributed by atoms with van der Waals surface area (Å²) >= 11 is 5.83. The van der Waals surface area contributed by atoms with E-state index in [0.29, 0.717) is 5.11 Å². The van der Waals surface area contributed by atoms with Crippen molar-refractivity contribution in [1.29, 1.82) is 0 Å². The number of hydrogen-bond acceptors (Lipinski definition) is 2. The molecule has 2 aromatic carbocycles. The summed E-state index contributed by atoms with van der Waals surface area (Å²) in [6.45, 7) is 6.20. The van der Waals surface area contributed by atoms with Crippen LogP contribution in [0.15, 0.2) is 79.0 Å². The molecule has 1 fully saturated rings. The summed E-state index contributed by atoms with van der Waals surface area (Å²) in [5, 5.41) is 4.17. The van der Waals surface area contributed by atoms with Crippen LogP contribution in [-0.4, -0.2) is 14.7 Å². The normalized spacial score (nSPS) is 17.9. The summed E-state index contributed by atoms with van der Waals surface area (Å²) < 4.78 is 16.1. The van der Waals surface area contributed by atoms with Crippen molar-refractivity contribution in [3.05, 3.63) is 113 Å². The zero-order valence-electron chi connectivity index (χ0n) is 18.8. The van der Waals surface area contributed by atoms with Gasteiger partial charge in [-0.3, -0.25) is 4.98 Å². The quantitative estimate of drug-likeness (QED) is 0.376. The smallest absolute Gasteiger partial charge is 0.174 e. The van der Waals surface area contributed by atoms with Crippen LogP contribution in [0.4, 0.5) is 10.1 Å². The number of aryl methyl sites for hydroxylation is 2. The number of rotatable bonds is 4. The minimum atomic E-state index is -0.252. The Morgan fingerprint density at radius 3 is 2.39 bits per heavy atom. The van der Waals surface area contributed by atoms with E-state index in [1.807, 2.05) is 37.4 Å². The van der Waals surface area contributed by atoms with Gasteiger partial charge in [0.25, 0.3) is 0 Å². The molecule has 0 radical (unpaired) electrons. The molecule has 0 bridgehead atoms. The fourth-order valence-corrected chi connectivity index (χ4v) is 5.10. The van der Waals surface area contributed by atoms with Gasteiger partial charge in [0, 0.05) is 29.0 Å². The maximum atomic E-state index is 14.0. The highest BCUT2D eigenvalue weighted by atomic mass is 32.1. The van der Waals surface area contributed by atoms with E-state index in [0.717, 1.165) is 34.0 Å². The van der Waals surface area contributed by atoms with E-state index < -0.39 is 0 Å². The summed E-state index contributed by atoms with van der Waals surface area (Å²) in [4.78, 5) is 6.81. The second kappa shape index (κ2) is 8.45. The lowest BCUT2D eigenvalue weighted by atomic mass is 9.96. The van der Waals surface area contributed by atoms with Crippen LogP contribution in [0, 0.1) is 26.6 Å². The number of anilines is 1. The fourth-order valence-electron chi connectivity index (χ4n) is 4.75. The van der Waals surface area contributed by atoms with Gasteiger partial charge >= 0.3 is 0 Å². The predicted molar refractivity (Wildman–Crippen MR) is 134 cm³/mol. The van der Waals surface area contributed by atoms with Gasteiger partial charge in [-0.2, -0.15) is 0 Å². The Kier molecular flexibility index (Phi) is 5.46. The Labute approximate surface area is 198 Å². The molecule has 4 aromatic rings. The highest BCUT2D eigenvalue weighted by Gasteiger charge is 2.42. The van der Waals surface area contributed by atoms with Crippen LogP contribution in [0.5, 0.6) is 0 Å². The molecule has 3 heterocycles. The third kappa shape index (κ3) is 3.80. The van der Waals surface area contributed by atoms with Crippen molar-refractivity contribution in [1.82, 2.24) is 14.9 Å². The molecule has 1 aliphatic rings. The number of nitrogens with one attached hydrogen (secondary N) is 1. The summed E-state index contributed by atoms with van der Waals surface area (Å²) in [7, 11) is 0. The summed E-state index contributed by atoms with van der Waals surface area (Å²) in [6.07, 6.45) is 1.81. The van der Waals surface area contributed by atoms with Crippen LogP contribution in [-0.2, 0) is 0 Å². The minimum Gasteiger partial charge on any atom is -0.351 e. The van der Waals surface area contributed by atoms with Crippen LogP contribution in [0.3, 0.4) is 0 Å². The van der Waals surface area contributed by atoms with Crippen LogP contribution in [0.25, 0.3) is 5.69 Å². The summed E-state index contributed by atoms with van der Waals surface area (Å²) in [5.74, 6) is -0.252. The van der Waals surface area contributed by atoms with Gasteiger partial charge in [-0.1, -0.05) is 29.8 Å². The van der Waals surface area contributed by atoms with Crippen molar-refractivity contribution in [3.8, 4) is 5.69 Å². The third-order valence-electron chi connectivity index (χ3n) is 6.27. The molecule has 5 rings (SSSR count). The molecule has 0 spiro atoms. The van der Waals surface area contributed by atoms with Gasteiger partial charge in [-0.15, -0.1) is 0 Å². The number of hydrogen-bond donors (Lipinski definition) is 1. The first-order chi connectivity index (χ1) is 15.9. The number of benzene rings is 2. The Balaban J connectivity index is 1.68. The van der Waals surface area contributed by atoms with Crippen LogP contribution in [0.1, 0.15) is 40.3 Å². The van der Waals surface area contributed by atoms with E-state index >= 15 is 0 Å². The van der Waals surface area contributed by atoms with Crippen molar-refractivity contribution in [2.45, 2.75) is 32.9 Å². The van der Waals surface area contributed by atoms with E-state index in [-0.39, 0.29) is 17.9 Å². The first kappa shape index (κ1) is 21.3. The standard InChI is InChI=1S/C27H25FN4S/c1-17-10-12-21(13-11-17)32-26(25(30-27(32)33)24-9-4-5-14-29-24)23-15-18(2)31(19(23)3)22-8-6-7-20(28)16-22/h4-16,25-26H,1-3H3,(H,30,33)/t25-,26+/m0/s1. The predicted octanol–water partition coefficient (Wildman–Crippen LogP) is 6.11. The first-order valence-electron chi connectivity index (χ1n) is 11.0. The summed E-state index contributed by atoms with van der Waals surface area (Å²) in [5.41, 5.74) is 7.16. The minimum absolute atomic E-state index is 0.108. The van der Waals surface area contributed by atoms with Gasteiger partial charge in [0.2, 0.25) is 0 Å². The average Bonchev–Trinajstić information content (AvgIpc) is 3.30. The molecule has 166 valence electrons. The van der Waals surface area contributed by atoms with E-state index in [1.165, 1.54) is 11.6 Å². The molecule has 33 heavy (non-hydrogen) atoms. The van der Waals surface area contributed by atoms with E-state index in [2.05, 4.69) is 63.9 Å². The maximum absolute atomic E-state index is 14.0. The average molecular weight is 457 g/mol. The van der Waals surface area contributed by atoms with E-state index in [4.69, 9.17) is 12.2 Å². The Bertz CT molecular complexity index is 1310. The van der Waals surface area contributed by atoms with Crippen molar-refractivity contribution in [2.24, 2.45) is 0 Å². The van der Waals surface area contributed by atoms with E-state index in [9.17, 15) is 4.39 Å². The van der Waals surface area contributed by atoms with Crippen LogP contribution >= 0.6 is 12.2 Å². The van der Waals surface area contributed by atoms with Gasteiger partial charge in [-0.05, 0) is 87.1 Å². The second-order valence-electron chi connectivity index (χ2n) is 8.47. The van der Waals surface area contributed by atoms with Crippen molar-refractivity contribution < 1.29 is 4.39 Å². The van der Waals surface area contributed by atoms with Gasteiger partial charge in [-0.25, -0.2) is 4.39 Å². The molecule has 1 N–H and O–H groups in total. The van der Waals surface area contributed by atoms with E-state index in [1.54, 1.807) is 12.1 Å². The van der Waals surface area contributed by atoms with Crippen LogP contribution < -0.4 is 10.2 Å². The molecule has 1 saturated heterocycles. The lowest BCUT2D eigenvalue weighted by molar-refractivity contribution is 0.565. The van der Waals surface area contributed by atoms with Gasteiger partial charge in [0.15, 0.2) is 5.11 Å². The van der Waals surface area contributed by atoms with Crippen molar-refractivity contribution in [3.63, 3.8) is 0 Å². The zero-order valence-corrected chi connectivity index (χ0v) is 19.6. The molecule has 2 atom stereocenters. The van der Waals surface area contributed by atoms with Crippen molar-refractivity contribution >= 4 is 23.0 Å². The molecule has 2 aromatic heterocycles. The maximum Gasteiger partial charge on any atom is 0.174 e. The molecular formula is C27H25FN4S. The fraction of sp³-hybridized carbons (Fsp3) is 0.185. The SMILES string of the molecule is Cc1ccc(N2C(=S)N[C@@H](c3ccccn3)[C@H]2c2cc(C)n(-c3cccc(F)c3)c2C)cc1. The Hall–Kier alpha value is -3.51. The molecule has 6 heteroatoms. The highest BCUT2D eigenvalue weighted by molar-refractivity contribution is 7.80. The largest absolute Gasteiger partial charge is 0.351 e. The Morgan fingerprint density at radius 1 is 0.909 bits per heavy atom. The van der Waals surface area contributed by atoms with Gasteiger partial charge in [0.1, 0.15) is 5.82 Å².